The molecule has 16 heavy (non-hydrogen) atoms. The first-order chi connectivity index (χ1) is 7.65. The van der Waals surface area contributed by atoms with E-state index in [9.17, 15) is 9.59 Å². The highest BCUT2D eigenvalue weighted by atomic mass is 16.2. The summed E-state index contributed by atoms with van der Waals surface area (Å²) >= 11 is 0. The van der Waals surface area contributed by atoms with Crippen LogP contribution in [0.4, 0.5) is 0 Å². The highest BCUT2D eigenvalue weighted by molar-refractivity contribution is 6.43. The standard InChI is InChI=1S/C8H10N6O2/c1-14-4-5(10-13-14)3-9-8(16)6-2-7(15)12-11-6/h4H,2-3H2,1H3,(H,9,16)(H,12,15). The van der Waals surface area contributed by atoms with E-state index in [0.717, 1.165) is 0 Å². The summed E-state index contributed by atoms with van der Waals surface area (Å²) in [7, 11) is 1.74. The van der Waals surface area contributed by atoms with Gasteiger partial charge in [-0.1, -0.05) is 5.21 Å². The Morgan fingerprint density at radius 3 is 3.06 bits per heavy atom. The van der Waals surface area contributed by atoms with Gasteiger partial charge in [-0.25, -0.2) is 5.43 Å². The quantitative estimate of drug-likeness (QED) is 0.636. The predicted octanol–water partition coefficient (Wildman–Crippen LogP) is -1.69. The van der Waals surface area contributed by atoms with Crippen molar-refractivity contribution in [3.05, 3.63) is 11.9 Å². The molecule has 1 aromatic heterocycles. The minimum Gasteiger partial charge on any atom is -0.345 e. The van der Waals surface area contributed by atoms with Crippen LogP contribution in [-0.4, -0.2) is 32.5 Å². The fraction of sp³-hybridized carbons (Fsp3) is 0.375. The molecule has 0 atom stereocenters. The molecule has 1 aromatic rings. The van der Waals surface area contributed by atoms with Gasteiger partial charge in [0.05, 0.1) is 13.0 Å². The number of hydrogen-bond donors (Lipinski definition) is 2. The van der Waals surface area contributed by atoms with E-state index in [4.69, 9.17) is 0 Å². The van der Waals surface area contributed by atoms with Crippen LogP contribution >= 0.6 is 0 Å². The van der Waals surface area contributed by atoms with E-state index in [1.54, 1.807) is 17.9 Å². The third-order valence-corrected chi connectivity index (χ3v) is 1.99. The van der Waals surface area contributed by atoms with Crippen LogP contribution in [0.5, 0.6) is 0 Å². The molecule has 84 valence electrons. The van der Waals surface area contributed by atoms with Crippen LogP contribution in [0.2, 0.25) is 0 Å². The lowest BCUT2D eigenvalue weighted by molar-refractivity contribution is -0.120. The largest absolute Gasteiger partial charge is 0.345 e. The van der Waals surface area contributed by atoms with E-state index in [0.29, 0.717) is 5.69 Å². The van der Waals surface area contributed by atoms with Gasteiger partial charge in [-0.15, -0.1) is 5.10 Å². The predicted molar refractivity (Wildman–Crippen MR) is 53.0 cm³/mol. The van der Waals surface area contributed by atoms with E-state index in [2.05, 4.69) is 26.2 Å². The number of nitrogens with zero attached hydrogens (tertiary/aromatic N) is 4. The summed E-state index contributed by atoms with van der Waals surface area (Å²) in [5.41, 5.74) is 3.04. The van der Waals surface area contributed by atoms with Crippen LogP contribution < -0.4 is 10.7 Å². The van der Waals surface area contributed by atoms with Crippen molar-refractivity contribution in [3.8, 4) is 0 Å². The second-order valence-electron chi connectivity index (χ2n) is 3.34. The minimum atomic E-state index is -0.371. The number of carbonyl (C=O) groups is 2. The summed E-state index contributed by atoms with van der Waals surface area (Å²) in [6, 6.07) is 0. The van der Waals surface area contributed by atoms with Gasteiger partial charge in [0, 0.05) is 13.2 Å². The Bertz CT molecular complexity index is 463. The van der Waals surface area contributed by atoms with E-state index in [1.165, 1.54) is 0 Å². The Balaban J connectivity index is 1.87. The van der Waals surface area contributed by atoms with Crippen LogP contribution in [0.25, 0.3) is 0 Å². The molecule has 0 aliphatic carbocycles. The zero-order valence-corrected chi connectivity index (χ0v) is 8.60. The SMILES string of the molecule is Cn1cc(CNC(=O)C2=NNC(=O)C2)nn1. The molecule has 0 radical (unpaired) electrons. The van der Waals surface area contributed by atoms with E-state index >= 15 is 0 Å². The monoisotopic (exact) mass is 222 g/mol. The van der Waals surface area contributed by atoms with E-state index in [-0.39, 0.29) is 30.5 Å². The number of amides is 2. The maximum Gasteiger partial charge on any atom is 0.268 e. The molecular weight excluding hydrogens is 212 g/mol. The summed E-state index contributed by atoms with van der Waals surface area (Å²) < 4.78 is 1.54. The summed E-state index contributed by atoms with van der Waals surface area (Å²) in [4.78, 5) is 22.3. The summed E-state index contributed by atoms with van der Waals surface area (Å²) in [6.07, 6.45) is 1.71. The molecule has 0 fully saturated rings. The average molecular weight is 222 g/mol. The van der Waals surface area contributed by atoms with Crippen molar-refractivity contribution in [3.63, 3.8) is 0 Å². The van der Waals surface area contributed by atoms with Gasteiger partial charge in [-0.2, -0.15) is 5.10 Å². The van der Waals surface area contributed by atoms with Crippen LogP contribution in [0.15, 0.2) is 11.3 Å². The van der Waals surface area contributed by atoms with Crippen molar-refractivity contribution in [2.45, 2.75) is 13.0 Å². The van der Waals surface area contributed by atoms with Crippen molar-refractivity contribution in [2.24, 2.45) is 12.1 Å². The molecule has 0 unspecified atom stereocenters. The van der Waals surface area contributed by atoms with Crippen molar-refractivity contribution >= 4 is 17.5 Å². The minimum absolute atomic E-state index is 0.0201. The van der Waals surface area contributed by atoms with Crippen LogP contribution in [0, 0.1) is 0 Å². The third-order valence-electron chi connectivity index (χ3n) is 1.99. The summed E-state index contributed by atoms with van der Waals surface area (Å²) in [6.45, 7) is 0.264. The van der Waals surface area contributed by atoms with E-state index in [1.807, 2.05) is 0 Å². The Kier molecular flexibility index (Phi) is 2.63. The molecule has 0 bridgehead atoms. The molecule has 2 amide bonds. The zero-order chi connectivity index (χ0) is 11.5. The molecule has 0 spiro atoms. The molecule has 2 heterocycles. The molecule has 2 N–H and O–H groups in total. The molecule has 8 nitrogen and oxygen atoms in total. The lowest BCUT2D eigenvalue weighted by Gasteiger charge is -1.99. The second kappa shape index (κ2) is 4.09. The molecular formula is C8H10N6O2. The smallest absolute Gasteiger partial charge is 0.268 e. The highest BCUT2D eigenvalue weighted by Gasteiger charge is 2.21. The number of aromatic nitrogens is 3. The molecule has 0 saturated carbocycles. The second-order valence-corrected chi connectivity index (χ2v) is 3.34. The van der Waals surface area contributed by atoms with Crippen molar-refractivity contribution < 1.29 is 9.59 Å². The summed E-state index contributed by atoms with van der Waals surface area (Å²) in [5.74, 6) is -0.645. The lowest BCUT2D eigenvalue weighted by atomic mass is 10.2. The van der Waals surface area contributed by atoms with Gasteiger partial charge >= 0.3 is 0 Å². The van der Waals surface area contributed by atoms with Crippen LogP contribution in [0.1, 0.15) is 12.1 Å². The van der Waals surface area contributed by atoms with Crippen LogP contribution in [0.3, 0.4) is 0 Å². The Morgan fingerprint density at radius 2 is 2.50 bits per heavy atom. The normalized spacial score (nSPS) is 14.6. The topological polar surface area (TPSA) is 101 Å². The van der Waals surface area contributed by atoms with Gasteiger partial charge < -0.3 is 5.32 Å². The maximum absolute atomic E-state index is 11.5. The van der Waals surface area contributed by atoms with Gasteiger partial charge in [0.25, 0.3) is 5.91 Å². The zero-order valence-electron chi connectivity index (χ0n) is 8.60. The van der Waals surface area contributed by atoms with E-state index < -0.39 is 0 Å². The first-order valence-corrected chi connectivity index (χ1v) is 4.64. The molecule has 1 aliphatic heterocycles. The molecule has 0 saturated heterocycles. The number of hydrogen-bond acceptors (Lipinski definition) is 5. The molecule has 8 heteroatoms. The fourth-order valence-electron chi connectivity index (χ4n) is 1.24. The average Bonchev–Trinajstić information content (AvgIpc) is 2.84. The maximum atomic E-state index is 11.5. The molecule has 1 aliphatic rings. The van der Waals surface area contributed by atoms with Gasteiger partial charge in [-0.3, -0.25) is 14.3 Å². The fourth-order valence-corrected chi connectivity index (χ4v) is 1.24. The number of nitrogens with one attached hydrogen (secondary N) is 2. The Morgan fingerprint density at radius 1 is 1.69 bits per heavy atom. The lowest BCUT2D eigenvalue weighted by Crippen LogP contribution is -2.30. The van der Waals surface area contributed by atoms with Crippen molar-refractivity contribution in [1.82, 2.24) is 25.7 Å². The highest BCUT2D eigenvalue weighted by Crippen LogP contribution is 1.96. The van der Waals surface area contributed by atoms with Gasteiger partial charge in [0.15, 0.2) is 0 Å². The van der Waals surface area contributed by atoms with Crippen LogP contribution in [-0.2, 0) is 23.2 Å². The Hall–Kier alpha value is -2.25. The third kappa shape index (κ3) is 2.22. The number of aryl methyl sites for hydroxylation is 1. The molecule has 2 rings (SSSR count). The molecule has 0 aromatic carbocycles. The first kappa shape index (κ1) is 10.3. The first-order valence-electron chi connectivity index (χ1n) is 4.64. The van der Waals surface area contributed by atoms with Gasteiger partial charge in [-0.05, 0) is 0 Å². The van der Waals surface area contributed by atoms with Gasteiger partial charge in [0.2, 0.25) is 5.91 Å². The number of hydrazone groups is 1. The summed E-state index contributed by atoms with van der Waals surface area (Å²) in [5, 5.41) is 13.7. The number of rotatable bonds is 3. The Labute approximate surface area is 90.7 Å². The van der Waals surface area contributed by atoms with Crippen molar-refractivity contribution in [2.75, 3.05) is 0 Å². The van der Waals surface area contributed by atoms with Crippen molar-refractivity contribution in [1.29, 1.82) is 0 Å². The van der Waals surface area contributed by atoms with Gasteiger partial charge in [0.1, 0.15) is 11.4 Å². The number of carbonyl (C=O) groups excluding carboxylic acids is 2.